The lowest BCUT2D eigenvalue weighted by atomic mass is 10.3. The van der Waals surface area contributed by atoms with Crippen LogP contribution in [0, 0.1) is 0 Å². The second kappa shape index (κ2) is 4.98. The van der Waals surface area contributed by atoms with Crippen LogP contribution in [0.4, 0.5) is 5.69 Å². The van der Waals surface area contributed by atoms with E-state index in [-0.39, 0.29) is 0 Å². The highest BCUT2D eigenvalue weighted by atomic mass is 16.5. The van der Waals surface area contributed by atoms with Gasteiger partial charge in [0.1, 0.15) is 0 Å². The van der Waals surface area contributed by atoms with E-state index in [2.05, 4.69) is 9.55 Å². The van der Waals surface area contributed by atoms with E-state index in [4.69, 9.17) is 10.5 Å². The highest BCUT2D eigenvalue weighted by Gasteiger charge is 2.14. The molecule has 3 rings (SSSR count). The molecule has 1 aromatic heterocycles. The van der Waals surface area contributed by atoms with Crippen molar-refractivity contribution in [1.82, 2.24) is 9.55 Å². The average molecular weight is 245 g/mol. The minimum atomic E-state index is 0.482. The zero-order chi connectivity index (χ0) is 12.4. The Labute approximate surface area is 107 Å². The Morgan fingerprint density at radius 1 is 1.33 bits per heavy atom. The molecule has 0 saturated heterocycles. The first-order chi connectivity index (χ1) is 8.83. The Kier molecular flexibility index (Phi) is 3.19. The highest BCUT2D eigenvalue weighted by Crippen LogP contribution is 2.21. The van der Waals surface area contributed by atoms with Gasteiger partial charge in [0.2, 0.25) is 0 Å². The number of nitrogens with zero attached hydrogens (tertiary/aromatic N) is 2. The van der Waals surface area contributed by atoms with Crippen LogP contribution < -0.4 is 5.73 Å². The summed E-state index contributed by atoms with van der Waals surface area (Å²) in [6.45, 7) is 1.62. The van der Waals surface area contributed by atoms with Crippen LogP contribution in [0.1, 0.15) is 25.7 Å². The third kappa shape index (κ3) is 2.34. The number of hydrogen-bond acceptors (Lipinski definition) is 3. The molecule has 0 atom stereocenters. The number of hydrogen-bond donors (Lipinski definition) is 1. The molecule has 96 valence electrons. The maximum atomic E-state index is 5.88. The summed E-state index contributed by atoms with van der Waals surface area (Å²) in [6.07, 6.45) is 7.43. The zero-order valence-electron chi connectivity index (χ0n) is 10.5. The van der Waals surface area contributed by atoms with Crippen LogP contribution >= 0.6 is 0 Å². The molecule has 18 heavy (non-hydrogen) atoms. The van der Waals surface area contributed by atoms with Gasteiger partial charge in [-0.1, -0.05) is 12.8 Å². The molecule has 1 heterocycles. The molecule has 1 aromatic carbocycles. The maximum absolute atomic E-state index is 5.88. The van der Waals surface area contributed by atoms with Crippen molar-refractivity contribution in [3.05, 3.63) is 24.5 Å². The van der Waals surface area contributed by atoms with Crippen molar-refractivity contribution in [3.8, 4) is 0 Å². The lowest BCUT2D eigenvalue weighted by Gasteiger charge is -2.11. The monoisotopic (exact) mass is 245 g/mol. The van der Waals surface area contributed by atoms with Crippen molar-refractivity contribution < 1.29 is 4.74 Å². The standard InChI is InChI=1S/C14H19N3O/c15-11-5-6-14-13(9-11)16-10-17(14)7-8-18-12-3-1-2-4-12/h5-6,9-10,12H,1-4,7-8,15H2. The molecular formula is C14H19N3O. The van der Waals surface area contributed by atoms with Crippen LogP contribution in [0.5, 0.6) is 0 Å². The summed E-state index contributed by atoms with van der Waals surface area (Å²) in [7, 11) is 0. The third-order valence-electron chi connectivity index (χ3n) is 3.63. The Balaban J connectivity index is 1.63. The molecular weight excluding hydrogens is 226 g/mol. The number of nitrogen functional groups attached to an aromatic ring is 1. The molecule has 0 spiro atoms. The topological polar surface area (TPSA) is 53.1 Å². The number of anilines is 1. The first-order valence-electron chi connectivity index (χ1n) is 6.65. The molecule has 0 aliphatic heterocycles. The number of imidazole rings is 1. The van der Waals surface area contributed by atoms with Crippen LogP contribution in [-0.4, -0.2) is 22.3 Å². The van der Waals surface area contributed by atoms with Crippen molar-refractivity contribution >= 4 is 16.7 Å². The predicted octanol–water partition coefficient (Wildman–Crippen LogP) is 2.58. The first kappa shape index (κ1) is 11.5. The number of nitrogens with two attached hydrogens (primary N) is 1. The summed E-state index contributed by atoms with van der Waals surface area (Å²) >= 11 is 0. The second-order valence-electron chi connectivity index (χ2n) is 4.96. The molecule has 4 heteroatoms. The number of benzene rings is 1. The van der Waals surface area contributed by atoms with E-state index in [1.54, 1.807) is 0 Å². The fraction of sp³-hybridized carbons (Fsp3) is 0.500. The fourth-order valence-electron chi connectivity index (χ4n) is 2.63. The van der Waals surface area contributed by atoms with Gasteiger partial charge >= 0.3 is 0 Å². The van der Waals surface area contributed by atoms with Crippen LogP contribution in [0.2, 0.25) is 0 Å². The molecule has 0 bridgehead atoms. The first-order valence-corrected chi connectivity index (χ1v) is 6.65. The third-order valence-corrected chi connectivity index (χ3v) is 3.63. The fourth-order valence-corrected chi connectivity index (χ4v) is 2.63. The van der Waals surface area contributed by atoms with Gasteiger partial charge in [0, 0.05) is 12.2 Å². The Hall–Kier alpha value is -1.55. The van der Waals surface area contributed by atoms with Gasteiger partial charge < -0.3 is 15.0 Å². The normalized spacial score (nSPS) is 16.7. The van der Waals surface area contributed by atoms with Crippen LogP contribution in [0.25, 0.3) is 11.0 Å². The van der Waals surface area contributed by atoms with Gasteiger partial charge in [-0.3, -0.25) is 0 Å². The largest absolute Gasteiger partial charge is 0.399 e. The lowest BCUT2D eigenvalue weighted by Crippen LogP contribution is -2.12. The van der Waals surface area contributed by atoms with Gasteiger partial charge in [0.25, 0.3) is 0 Å². The number of ether oxygens (including phenoxy) is 1. The van der Waals surface area contributed by atoms with E-state index >= 15 is 0 Å². The van der Waals surface area contributed by atoms with Crippen LogP contribution in [-0.2, 0) is 11.3 Å². The van der Waals surface area contributed by atoms with Crippen LogP contribution in [0.15, 0.2) is 24.5 Å². The lowest BCUT2D eigenvalue weighted by molar-refractivity contribution is 0.0534. The Morgan fingerprint density at radius 2 is 2.17 bits per heavy atom. The highest BCUT2D eigenvalue weighted by molar-refractivity contribution is 5.78. The van der Waals surface area contributed by atoms with Gasteiger partial charge in [-0.2, -0.15) is 0 Å². The van der Waals surface area contributed by atoms with Gasteiger partial charge in [-0.05, 0) is 31.0 Å². The summed E-state index contributed by atoms with van der Waals surface area (Å²) < 4.78 is 8.00. The predicted molar refractivity (Wildman–Crippen MR) is 72.4 cm³/mol. The summed E-state index contributed by atoms with van der Waals surface area (Å²) in [5, 5.41) is 0. The molecule has 2 N–H and O–H groups in total. The van der Waals surface area contributed by atoms with Crippen molar-refractivity contribution in [2.45, 2.75) is 38.3 Å². The van der Waals surface area contributed by atoms with Crippen molar-refractivity contribution in [2.24, 2.45) is 0 Å². The summed E-state index contributed by atoms with van der Waals surface area (Å²) in [6, 6.07) is 5.84. The Morgan fingerprint density at radius 3 is 3.00 bits per heavy atom. The molecule has 1 fully saturated rings. The zero-order valence-corrected chi connectivity index (χ0v) is 10.5. The van der Waals surface area contributed by atoms with Crippen molar-refractivity contribution in [3.63, 3.8) is 0 Å². The molecule has 1 saturated carbocycles. The van der Waals surface area contributed by atoms with Gasteiger partial charge in [0.05, 0.1) is 30.1 Å². The number of aromatic nitrogens is 2. The van der Waals surface area contributed by atoms with Crippen LogP contribution in [0.3, 0.4) is 0 Å². The SMILES string of the molecule is Nc1ccc2c(c1)ncn2CCOC1CCCC1. The molecule has 2 aromatic rings. The number of fused-ring (bicyclic) bond motifs is 1. The van der Waals surface area contributed by atoms with E-state index in [1.807, 2.05) is 24.5 Å². The molecule has 1 aliphatic carbocycles. The van der Waals surface area contributed by atoms with E-state index < -0.39 is 0 Å². The number of rotatable bonds is 4. The maximum Gasteiger partial charge on any atom is 0.0959 e. The van der Waals surface area contributed by atoms with E-state index in [0.29, 0.717) is 6.10 Å². The van der Waals surface area contributed by atoms with Gasteiger partial charge in [-0.25, -0.2) is 4.98 Å². The Bertz CT molecular complexity index is 529. The van der Waals surface area contributed by atoms with E-state index in [9.17, 15) is 0 Å². The minimum absolute atomic E-state index is 0.482. The average Bonchev–Trinajstić information content (AvgIpc) is 2.99. The molecule has 4 nitrogen and oxygen atoms in total. The molecule has 0 amide bonds. The molecule has 1 aliphatic rings. The summed E-state index contributed by atoms with van der Waals surface area (Å²) in [5.41, 5.74) is 8.58. The van der Waals surface area contributed by atoms with E-state index in [1.165, 1.54) is 25.7 Å². The molecule has 0 unspecified atom stereocenters. The van der Waals surface area contributed by atoms with Gasteiger partial charge in [0.15, 0.2) is 0 Å². The quantitative estimate of drug-likeness (QED) is 0.842. The smallest absolute Gasteiger partial charge is 0.0959 e. The summed E-state index contributed by atoms with van der Waals surface area (Å²) in [4.78, 5) is 4.36. The minimum Gasteiger partial charge on any atom is -0.399 e. The molecule has 0 radical (unpaired) electrons. The van der Waals surface area contributed by atoms with Gasteiger partial charge in [-0.15, -0.1) is 0 Å². The van der Waals surface area contributed by atoms with Crippen molar-refractivity contribution in [1.29, 1.82) is 0 Å². The summed E-state index contributed by atoms with van der Waals surface area (Å²) in [5.74, 6) is 0. The second-order valence-corrected chi connectivity index (χ2v) is 4.96. The van der Waals surface area contributed by atoms with Crippen molar-refractivity contribution in [2.75, 3.05) is 12.3 Å². The van der Waals surface area contributed by atoms with E-state index in [0.717, 1.165) is 29.9 Å².